The van der Waals surface area contributed by atoms with E-state index in [-0.39, 0.29) is 10.8 Å². The summed E-state index contributed by atoms with van der Waals surface area (Å²) in [6.45, 7) is 1.82. The number of rotatable bonds is 3. The van der Waals surface area contributed by atoms with Crippen LogP contribution in [0.5, 0.6) is 5.75 Å². The number of ether oxygens (including phenoxy) is 1. The molecular weight excluding hydrogens is 302 g/mol. The summed E-state index contributed by atoms with van der Waals surface area (Å²) in [6, 6.07) is 5.41. The third-order valence-electron chi connectivity index (χ3n) is 3.15. The second-order valence-corrected chi connectivity index (χ2v) is 5.08. The van der Waals surface area contributed by atoms with E-state index in [9.17, 15) is 10.1 Å². The standard InChI is InChI=1S/C11H12BrN3O3/c1-11(15(16)17)8(6-13-14-11)7-3-4-10(18-2)9(12)5-7/h3-5,8H,6H2,1-2H3. The Kier molecular flexibility index (Phi) is 3.34. The SMILES string of the molecule is COc1ccc(C2CN=NC2(C)[N+](=O)[O-])cc1Br. The molecule has 2 rings (SSSR count). The number of nitro groups is 1. The van der Waals surface area contributed by atoms with Gasteiger partial charge in [0.05, 0.1) is 29.0 Å². The first kappa shape index (κ1) is 12.9. The van der Waals surface area contributed by atoms with Crippen LogP contribution in [0.1, 0.15) is 18.4 Å². The van der Waals surface area contributed by atoms with Crippen LogP contribution in [-0.2, 0) is 0 Å². The molecule has 0 bridgehead atoms. The minimum Gasteiger partial charge on any atom is -0.496 e. The molecule has 1 heterocycles. The van der Waals surface area contributed by atoms with Gasteiger partial charge in [-0.05, 0) is 33.6 Å². The molecule has 0 fully saturated rings. The number of benzene rings is 1. The van der Waals surface area contributed by atoms with Gasteiger partial charge in [0.15, 0.2) is 0 Å². The van der Waals surface area contributed by atoms with Gasteiger partial charge in [0.2, 0.25) is 0 Å². The number of hydrogen-bond donors (Lipinski definition) is 0. The van der Waals surface area contributed by atoms with Crippen LogP contribution in [0.2, 0.25) is 0 Å². The summed E-state index contributed by atoms with van der Waals surface area (Å²) in [5.74, 6) is 0.336. The van der Waals surface area contributed by atoms with E-state index < -0.39 is 5.66 Å². The van der Waals surface area contributed by atoms with E-state index in [0.29, 0.717) is 12.3 Å². The molecule has 0 radical (unpaired) electrons. The number of methoxy groups -OCH3 is 1. The van der Waals surface area contributed by atoms with Gasteiger partial charge in [-0.25, -0.2) is 0 Å². The lowest BCUT2D eigenvalue weighted by Crippen LogP contribution is -2.37. The van der Waals surface area contributed by atoms with Crippen LogP contribution in [0.4, 0.5) is 0 Å². The summed E-state index contributed by atoms with van der Waals surface area (Å²) in [4.78, 5) is 10.7. The Balaban J connectivity index is 2.38. The fraction of sp³-hybridized carbons (Fsp3) is 0.455. The van der Waals surface area contributed by atoms with Crippen molar-refractivity contribution in [2.75, 3.05) is 13.7 Å². The molecule has 2 atom stereocenters. The molecule has 0 spiro atoms. The third-order valence-corrected chi connectivity index (χ3v) is 3.77. The van der Waals surface area contributed by atoms with Crippen molar-refractivity contribution < 1.29 is 9.66 Å². The largest absolute Gasteiger partial charge is 0.496 e. The van der Waals surface area contributed by atoms with Gasteiger partial charge in [-0.3, -0.25) is 10.1 Å². The van der Waals surface area contributed by atoms with Crippen LogP contribution in [-0.4, -0.2) is 24.2 Å². The third kappa shape index (κ3) is 1.98. The van der Waals surface area contributed by atoms with E-state index >= 15 is 0 Å². The predicted octanol–water partition coefficient (Wildman–Crippen LogP) is 3.00. The van der Waals surface area contributed by atoms with Gasteiger partial charge in [-0.2, -0.15) is 5.11 Å². The van der Waals surface area contributed by atoms with Gasteiger partial charge >= 0.3 is 5.66 Å². The topological polar surface area (TPSA) is 77.1 Å². The summed E-state index contributed by atoms with van der Waals surface area (Å²) in [5.41, 5.74) is -0.555. The van der Waals surface area contributed by atoms with Gasteiger partial charge < -0.3 is 4.74 Å². The van der Waals surface area contributed by atoms with Crippen molar-refractivity contribution in [3.05, 3.63) is 38.3 Å². The van der Waals surface area contributed by atoms with Gasteiger partial charge in [-0.1, -0.05) is 6.07 Å². The average molecular weight is 314 g/mol. The van der Waals surface area contributed by atoms with Crippen LogP contribution in [0.15, 0.2) is 32.9 Å². The van der Waals surface area contributed by atoms with Gasteiger partial charge in [0.25, 0.3) is 0 Å². The molecule has 0 amide bonds. The van der Waals surface area contributed by atoms with E-state index in [1.807, 2.05) is 12.1 Å². The van der Waals surface area contributed by atoms with Crippen LogP contribution in [0.25, 0.3) is 0 Å². The Hall–Kier alpha value is -1.50. The number of halogens is 1. The molecule has 1 aliphatic rings. The fourth-order valence-corrected chi connectivity index (χ4v) is 2.55. The summed E-state index contributed by atoms with van der Waals surface area (Å²) in [6.07, 6.45) is 0. The summed E-state index contributed by atoms with van der Waals surface area (Å²) < 4.78 is 5.90. The Morgan fingerprint density at radius 2 is 2.33 bits per heavy atom. The van der Waals surface area contributed by atoms with Crippen LogP contribution in [0.3, 0.4) is 0 Å². The summed E-state index contributed by atoms with van der Waals surface area (Å²) >= 11 is 3.37. The van der Waals surface area contributed by atoms with Crippen molar-refractivity contribution >= 4 is 15.9 Å². The normalized spacial score (nSPS) is 26.3. The lowest BCUT2D eigenvalue weighted by molar-refractivity contribution is -0.566. The molecule has 0 saturated heterocycles. The summed E-state index contributed by atoms with van der Waals surface area (Å²) in [7, 11) is 1.57. The second kappa shape index (κ2) is 4.64. The minimum absolute atomic E-state index is 0.330. The number of azo groups is 1. The zero-order valence-corrected chi connectivity index (χ0v) is 11.5. The monoisotopic (exact) mass is 313 g/mol. The van der Waals surface area contributed by atoms with E-state index in [1.165, 1.54) is 6.92 Å². The maximum absolute atomic E-state index is 11.1. The molecule has 0 N–H and O–H groups in total. The smallest absolute Gasteiger partial charge is 0.335 e. The molecule has 1 aromatic carbocycles. The number of hydrogen-bond acceptors (Lipinski definition) is 5. The van der Waals surface area contributed by atoms with Crippen molar-refractivity contribution in [3.63, 3.8) is 0 Å². The van der Waals surface area contributed by atoms with E-state index in [1.54, 1.807) is 13.2 Å². The van der Waals surface area contributed by atoms with Gasteiger partial charge in [-0.15, -0.1) is 5.11 Å². The van der Waals surface area contributed by atoms with E-state index in [2.05, 4.69) is 26.2 Å². The van der Waals surface area contributed by atoms with Crippen molar-refractivity contribution in [3.8, 4) is 5.75 Å². The van der Waals surface area contributed by atoms with Crippen LogP contribution < -0.4 is 4.74 Å². The zero-order valence-electron chi connectivity index (χ0n) is 9.96. The van der Waals surface area contributed by atoms with E-state index in [0.717, 1.165) is 10.0 Å². The maximum Gasteiger partial charge on any atom is 0.335 e. The highest BCUT2D eigenvalue weighted by atomic mass is 79.9. The van der Waals surface area contributed by atoms with Gasteiger partial charge in [0.1, 0.15) is 5.75 Å². The Morgan fingerprint density at radius 3 is 2.89 bits per heavy atom. The molecule has 18 heavy (non-hydrogen) atoms. The molecule has 2 unspecified atom stereocenters. The Morgan fingerprint density at radius 1 is 1.61 bits per heavy atom. The molecule has 0 aliphatic carbocycles. The lowest BCUT2D eigenvalue weighted by atomic mass is 9.89. The maximum atomic E-state index is 11.1. The van der Waals surface area contributed by atoms with Crippen molar-refractivity contribution in [2.24, 2.45) is 10.2 Å². The highest BCUT2D eigenvalue weighted by molar-refractivity contribution is 9.10. The first-order valence-electron chi connectivity index (χ1n) is 5.35. The van der Waals surface area contributed by atoms with Crippen LogP contribution >= 0.6 is 15.9 Å². The molecule has 7 heteroatoms. The zero-order chi connectivity index (χ0) is 13.3. The first-order chi connectivity index (χ1) is 8.49. The molecule has 1 aromatic rings. The van der Waals surface area contributed by atoms with Crippen molar-refractivity contribution in [1.82, 2.24) is 0 Å². The van der Waals surface area contributed by atoms with E-state index in [4.69, 9.17) is 4.74 Å². The lowest BCUT2D eigenvalue weighted by Gasteiger charge is -2.20. The minimum atomic E-state index is -1.38. The average Bonchev–Trinajstić information content (AvgIpc) is 2.72. The summed E-state index contributed by atoms with van der Waals surface area (Å²) in [5, 5.41) is 18.7. The molecule has 6 nitrogen and oxygen atoms in total. The number of nitrogens with zero attached hydrogens (tertiary/aromatic N) is 3. The predicted molar refractivity (Wildman–Crippen MR) is 68.6 cm³/mol. The second-order valence-electron chi connectivity index (χ2n) is 4.22. The highest BCUT2D eigenvalue weighted by Crippen LogP contribution is 2.39. The molecular formula is C11H12BrN3O3. The van der Waals surface area contributed by atoms with Crippen molar-refractivity contribution in [1.29, 1.82) is 0 Å². The molecule has 96 valence electrons. The van der Waals surface area contributed by atoms with Crippen molar-refractivity contribution in [2.45, 2.75) is 18.5 Å². The Bertz CT molecular complexity index is 520. The highest BCUT2D eigenvalue weighted by Gasteiger charge is 2.50. The Labute approximate surface area is 112 Å². The molecule has 0 saturated carbocycles. The first-order valence-corrected chi connectivity index (χ1v) is 6.15. The van der Waals surface area contributed by atoms with Crippen LogP contribution in [0, 0.1) is 10.1 Å². The molecule has 1 aliphatic heterocycles. The molecule has 0 aromatic heterocycles. The van der Waals surface area contributed by atoms with Gasteiger partial charge in [0, 0.05) is 6.92 Å². The quantitative estimate of drug-likeness (QED) is 0.635. The fourth-order valence-electron chi connectivity index (χ4n) is 1.99.